The molecule has 0 saturated carbocycles. The number of amides is 2. The van der Waals surface area contributed by atoms with Gasteiger partial charge in [0.1, 0.15) is 5.75 Å². The number of carbonyl (C=O) groups excluding carboxylic acids is 1. The number of benzene rings is 1. The number of aryl methyl sites for hydroxylation is 1. The Hall–Kier alpha value is -2.14. The van der Waals surface area contributed by atoms with Crippen molar-refractivity contribution < 1.29 is 9.53 Å². The Morgan fingerprint density at radius 1 is 1.40 bits per heavy atom. The van der Waals surface area contributed by atoms with Gasteiger partial charge in [-0.25, -0.2) is 4.79 Å². The molecule has 0 aliphatic carbocycles. The molecule has 1 aromatic carbocycles. The Morgan fingerprint density at radius 2 is 2.24 bits per heavy atom. The van der Waals surface area contributed by atoms with Crippen LogP contribution in [0.2, 0.25) is 5.02 Å². The van der Waals surface area contributed by atoms with E-state index in [1.807, 2.05) is 31.1 Å². The molecule has 5 nitrogen and oxygen atoms in total. The fourth-order valence-corrected chi connectivity index (χ4v) is 3.43. The molecule has 1 saturated heterocycles. The third-order valence-corrected chi connectivity index (χ3v) is 4.72. The average molecular weight is 362 g/mol. The minimum Gasteiger partial charge on any atom is -0.491 e. The van der Waals surface area contributed by atoms with E-state index in [0.29, 0.717) is 23.1 Å². The van der Waals surface area contributed by atoms with Crippen molar-refractivity contribution in [2.75, 3.05) is 18.5 Å². The maximum Gasteiger partial charge on any atom is 0.322 e. The number of anilines is 1. The molecule has 1 N–H and O–H groups in total. The summed E-state index contributed by atoms with van der Waals surface area (Å²) in [6.45, 7) is 3.39. The highest BCUT2D eigenvalue weighted by molar-refractivity contribution is 6.31. The van der Waals surface area contributed by atoms with Crippen LogP contribution in [0.5, 0.6) is 5.75 Å². The number of ether oxygens (including phenoxy) is 1. The van der Waals surface area contributed by atoms with Crippen LogP contribution < -0.4 is 10.1 Å². The summed E-state index contributed by atoms with van der Waals surface area (Å²) in [7, 11) is 2.01. The molecule has 1 aromatic heterocycles. The number of likely N-dealkylation sites (tertiary alicyclic amines) is 1. The summed E-state index contributed by atoms with van der Waals surface area (Å²) >= 11 is 6.10. The lowest BCUT2D eigenvalue weighted by molar-refractivity contribution is 0.205. The summed E-state index contributed by atoms with van der Waals surface area (Å²) in [4.78, 5) is 14.8. The summed E-state index contributed by atoms with van der Waals surface area (Å²) < 4.78 is 7.80. The summed E-state index contributed by atoms with van der Waals surface area (Å²) in [5.41, 5.74) is 1.77. The van der Waals surface area contributed by atoms with Crippen LogP contribution in [-0.2, 0) is 7.05 Å². The molecule has 1 aliphatic rings. The monoisotopic (exact) mass is 361 g/mol. The molecule has 134 valence electrons. The number of urea groups is 1. The van der Waals surface area contributed by atoms with E-state index in [4.69, 9.17) is 16.3 Å². The number of aromatic nitrogens is 1. The third kappa shape index (κ3) is 3.93. The van der Waals surface area contributed by atoms with Crippen molar-refractivity contribution in [2.45, 2.75) is 32.2 Å². The highest BCUT2D eigenvalue weighted by Gasteiger charge is 2.31. The quantitative estimate of drug-likeness (QED) is 0.828. The van der Waals surface area contributed by atoms with Gasteiger partial charge in [-0.1, -0.05) is 18.5 Å². The van der Waals surface area contributed by atoms with Crippen LogP contribution in [0.3, 0.4) is 0 Å². The van der Waals surface area contributed by atoms with Gasteiger partial charge in [0, 0.05) is 30.5 Å². The summed E-state index contributed by atoms with van der Waals surface area (Å²) in [6, 6.07) is 9.37. The molecule has 0 radical (unpaired) electrons. The van der Waals surface area contributed by atoms with Gasteiger partial charge < -0.3 is 19.5 Å². The molecule has 2 aromatic rings. The van der Waals surface area contributed by atoms with E-state index in [9.17, 15) is 4.79 Å². The van der Waals surface area contributed by atoms with Gasteiger partial charge in [-0.2, -0.15) is 0 Å². The van der Waals surface area contributed by atoms with Gasteiger partial charge in [-0.05, 0) is 49.6 Å². The smallest absolute Gasteiger partial charge is 0.322 e. The predicted octanol–water partition coefficient (Wildman–Crippen LogP) is 4.84. The van der Waals surface area contributed by atoms with Crippen LogP contribution in [0.15, 0.2) is 36.5 Å². The normalized spacial score (nSPS) is 16.9. The van der Waals surface area contributed by atoms with Crippen molar-refractivity contribution in [3.8, 4) is 5.75 Å². The topological polar surface area (TPSA) is 46.5 Å². The third-order valence-electron chi connectivity index (χ3n) is 4.48. The molecule has 3 rings (SSSR count). The molecular formula is C19H24ClN3O2. The van der Waals surface area contributed by atoms with Crippen molar-refractivity contribution >= 4 is 23.3 Å². The molecule has 1 aliphatic heterocycles. The molecule has 0 bridgehead atoms. The number of nitrogens with one attached hydrogen (secondary N) is 1. The van der Waals surface area contributed by atoms with Gasteiger partial charge in [-0.3, -0.25) is 0 Å². The largest absolute Gasteiger partial charge is 0.491 e. The van der Waals surface area contributed by atoms with Crippen molar-refractivity contribution in [3.63, 3.8) is 0 Å². The van der Waals surface area contributed by atoms with Crippen LogP contribution >= 0.6 is 11.6 Å². The number of hydrogen-bond acceptors (Lipinski definition) is 2. The van der Waals surface area contributed by atoms with Crippen molar-refractivity contribution in [1.29, 1.82) is 0 Å². The zero-order valence-corrected chi connectivity index (χ0v) is 15.4. The SMILES string of the molecule is CCCOc1ccc(Cl)cc1NC(=O)N1CCCC1c1cccn1C. The van der Waals surface area contributed by atoms with Crippen LogP contribution in [0.4, 0.5) is 10.5 Å². The van der Waals surface area contributed by atoms with Crippen molar-refractivity contribution in [1.82, 2.24) is 9.47 Å². The highest BCUT2D eigenvalue weighted by Crippen LogP contribution is 2.34. The Labute approximate surface area is 153 Å². The first-order valence-corrected chi connectivity index (χ1v) is 9.09. The van der Waals surface area contributed by atoms with E-state index in [2.05, 4.69) is 16.0 Å². The molecular weight excluding hydrogens is 338 g/mol. The van der Waals surface area contributed by atoms with Crippen LogP contribution in [-0.4, -0.2) is 28.6 Å². The lowest BCUT2D eigenvalue weighted by Crippen LogP contribution is -2.35. The molecule has 1 fully saturated rings. The number of nitrogens with zero attached hydrogens (tertiary/aromatic N) is 2. The van der Waals surface area contributed by atoms with E-state index in [0.717, 1.165) is 31.5 Å². The molecule has 0 spiro atoms. The first kappa shape index (κ1) is 17.7. The van der Waals surface area contributed by atoms with Gasteiger partial charge >= 0.3 is 6.03 Å². The second kappa shape index (κ2) is 7.83. The molecule has 1 atom stereocenters. The Kier molecular flexibility index (Phi) is 5.53. The zero-order valence-electron chi connectivity index (χ0n) is 14.7. The number of rotatable bonds is 5. The standard InChI is InChI=1S/C19H24ClN3O2/c1-3-12-25-18-9-8-14(20)13-15(18)21-19(24)23-11-5-7-17(23)16-6-4-10-22(16)2/h4,6,8-10,13,17H,3,5,7,11-12H2,1-2H3,(H,21,24). The van der Waals surface area contributed by atoms with Crippen molar-refractivity contribution in [2.24, 2.45) is 7.05 Å². The summed E-state index contributed by atoms with van der Waals surface area (Å²) in [6.07, 6.45) is 4.88. The van der Waals surface area contributed by atoms with E-state index in [1.165, 1.54) is 0 Å². The molecule has 2 amide bonds. The number of halogens is 1. The molecule has 6 heteroatoms. The summed E-state index contributed by atoms with van der Waals surface area (Å²) in [5, 5.41) is 3.55. The van der Waals surface area contributed by atoms with Gasteiger partial charge in [-0.15, -0.1) is 0 Å². The Bertz CT molecular complexity index is 744. The average Bonchev–Trinajstić information content (AvgIpc) is 3.22. The predicted molar refractivity (Wildman–Crippen MR) is 100 cm³/mol. The van der Waals surface area contributed by atoms with Crippen LogP contribution in [0, 0.1) is 0 Å². The van der Waals surface area contributed by atoms with E-state index in [1.54, 1.807) is 18.2 Å². The van der Waals surface area contributed by atoms with Gasteiger partial charge in [0.25, 0.3) is 0 Å². The number of hydrogen-bond donors (Lipinski definition) is 1. The maximum atomic E-state index is 12.9. The fraction of sp³-hybridized carbons (Fsp3) is 0.421. The van der Waals surface area contributed by atoms with Gasteiger partial charge in [0.2, 0.25) is 0 Å². The minimum absolute atomic E-state index is 0.0965. The van der Waals surface area contributed by atoms with E-state index in [-0.39, 0.29) is 12.1 Å². The van der Waals surface area contributed by atoms with Gasteiger partial charge in [0.05, 0.1) is 18.3 Å². The van der Waals surface area contributed by atoms with Crippen LogP contribution in [0.1, 0.15) is 37.9 Å². The molecule has 25 heavy (non-hydrogen) atoms. The van der Waals surface area contributed by atoms with E-state index >= 15 is 0 Å². The second-order valence-electron chi connectivity index (χ2n) is 6.31. The van der Waals surface area contributed by atoms with Crippen molar-refractivity contribution in [3.05, 3.63) is 47.2 Å². The molecule has 2 heterocycles. The molecule has 1 unspecified atom stereocenters. The lowest BCUT2D eigenvalue weighted by Gasteiger charge is -2.26. The first-order valence-electron chi connectivity index (χ1n) is 8.71. The maximum absolute atomic E-state index is 12.9. The lowest BCUT2D eigenvalue weighted by atomic mass is 10.1. The Morgan fingerprint density at radius 3 is 2.96 bits per heavy atom. The summed E-state index contributed by atoms with van der Waals surface area (Å²) in [5.74, 6) is 0.647. The first-order chi connectivity index (χ1) is 12.1. The highest BCUT2D eigenvalue weighted by atomic mass is 35.5. The fourth-order valence-electron chi connectivity index (χ4n) is 3.26. The van der Waals surface area contributed by atoms with Gasteiger partial charge in [0.15, 0.2) is 0 Å². The second-order valence-corrected chi connectivity index (χ2v) is 6.75. The Balaban J connectivity index is 1.77. The van der Waals surface area contributed by atoms with E-state index < -0.39 is 0 Å². The zero-order chi connectivity index (χ0) is 17.8. The number of carbonyl (C=O) groups is 1. The van der Waals surface area contributed by atoms with Crippen LogP contribution in [0.25, 0.3) is 0 Å². The minimum atomic E-state index is -0.118.